The number of piperidine rings is 1. The van der Waals surface area contributed by atoms with Crippen LogP contribution in [0.1, 0.15) is 59.3 Å². The van der Waals surface area contributed by atoms with Gasteiger partial charge in [0, 0.05) is 26.2 Å². The molecule has 1 saturated heterocycles. The molecule has 0 aromatic heterocycles. The molecule has 1 rings (SSSR count). The number of rotatable bonds is 6. The summed E-state index contributed by atoms with van der Waals surface area (Å²) < 4.78 is 0. The zero-order valence-electron chi connectivity index (χ0n) is 13.0. The summed E-state index contributed by atoms with van der Waals surface area (Å²) in [6.07, 6.45) is 6.38. The van der Waals surface area contributed by atoms with Gasteiger partial charge in [0.15, 0.2) is 0 Å². The summed E-state index contributed by atoms with van der Waals surface area (Å²) in [6.45, 7) is 9.60. The molecule has 0 aromatic rings. The number of carbonyl (C=O) groups is 1. The molecule has 1 aliphatic heterocycles. The molecule has 19 heavy (non-hydrogen) atoms. The summed E-state index contributed by atoms with van der Waals surface area (Å²) in [4.78, 5) is 16.9. The van der Waals surface area contributed by atoms with E-state index >= 15 is 0 Å². The zero-order valence-corrected chi connectivity index (χ0v) is 13.0. The quantitative estimate of drug-likeness (QED) is 0.806. The molecular formula is C15H31N3O. The maximum atomic E-state index is 12.8. The van der Waals surface area contributed by atoms with E-state index in [-0.39, 0.29) is 11.6 Å². The van der Waals surface area contributed by atoms with Gasteiger partial charge in [0.1, 0.15) is 0 Å². The first-order valence-electron chi connectivity index (χ1n) is 7.91. The molecular weight excluding hydrogens is 238 g/mol. The van der Waals surface area contributed by atoms with Gasteiger partial charge in [-0.1, -0.05) is 20.8 Å². The average molecular weight is 269 g/mol. The SMILES string of the molecule is CCCN(C(=O)N1CCCCC1)C(CC)(CC)CN. The van der Waals surface area contributed by atoms with Crippen molar-refractivity contribution in [2.24, 2.45) is 5.73 Å². The molecule has 0 aliphatic carbocycles. The Hall–Kier alpha value is -0.770. The van der Waals surface area contributed by atoms with Crippen molar-refractivity contribution in [1.82, 2.24) is 9.80 Å². The molecule has 0 atom stereocenters. The first-order chi connectivity index (χ1) is 9.15. The molecule has 112 valence electrons. The van der Waals surface area contributed by atoms with Crippen molar-refractivity contribution in [2.75, 3.05) is 26.2 Å². The Labute approximate surface area is 118 Å². The standard InChI is InChI=1S/C15H31N3O/c1-4-10-18(15(5-2,6-3)13-16)14(19)17-11-8-7-9-12-17/h4-13,16H2,1-3H3. The third kappa shape index (κ3) is 3.62. The lowest BCUT2D eigenvalue weighted by molar-refractivity contribution is 0.0763. The zero-order chi connectivity index (χ0) is 14.3. The highest BCUT2D eigenvalue weighted by Crippen LogP contribution is 2.25. The Kier molecular flexibility index (Phi) is 6.63. The Morgan fingerprint density at radius 1 is 1.16 bits per heavy atom. The van der Waals surface area contributed by atoms with Crippen molar-refractivity contribution < 1.29 is 4.79 Å². The lowest BCUT2D eigenvalue weighted by atomic mass is 9.90. The Morgan fingerprint density at radius 3 is 2.16 bits per heavy atom. The molecule has 2 amide bonds. The van der Waals surface area contributed by atoms with Gasteiger partial charge in [0.2, 0.25) is 0 Å². The molecule has 2 N–H and O–H groups in total. The number of urea groups is 1. The Morgan fingerprint density at radius 2 is 1.74 bits per heavy atom. The Balaban J connectivity index is 2.87. The molecule has 1 heterocycles. The highest BCUT2D eigenvalue weighted by atomic mass is 16.2. The highest BCUT2D eigenvalue weighted by molar-refractivity contribution is 5.75. The number of nitrogens with zero attached hydrogens (tertiary/aromatic N) is 2. The van der Waals surface area contributed by atoms with Crippen LogP contribution in [0.15, 0.2) is 0 Å². The fraction of sp³-hybridized carbons (Fsp3) is 0.933. The van der Waals surface area contributed by atoms with E-state index in [2.05, 4.69) is 25.7 Å². The predicted molar refractivity (Wildman–Crippen MR) is 80.2 cm³/mol. The predicted octanol–water partition coefficient (Wildman–Crippen LogP) is 2.82. The van der Waals surface area contributed by atoms with Gasteiger partial charge >= 0.3 is 6.03 Å². The fourth-order valence-electron chi connectivity index (χ4n) is 3.05. The summed E-state index contributed by atoms with van der Waals surface area (Å²) >= 11 is 0. The van der Waals surface area contributed by atoms with Gasteiger partial charge in [0.05, 0.1) is 5.54 Å². The van der Waals surface area contributed by atoms with Crippen LogP contribution >= 0.6 is 0 Å². The maximum Gasteiger partial charge on any atom is 0.320 e. The number of likely N-dealkylation sites (tertiary alicyclic amines) is 1. The van der Waals surface area contributed by atoms with Gasteiger partial charge in [-0.2, -0.15) is 0 Å². The summed E-state index contributed by atoms with van der Waals surface area (Å²) in [7, 11) is 0. The smallest absolute Gasteiger partial charge is 0.320 e. The van der Waals surface area contributed by atoms with E-state index in [0.717, 1.165) is 51.7 Å². The molecule has 0 aromatic carbocycles. The topological polar surface area (TPSA) is 49.6 Å². The second-order valence-corrected chi connectivity index (χ2v) is 5.62. The number of hydrogen-bond donors (Lipinski definition) is 1. The fourth-order valence-corrected chi connectivity index (χ4v) is 3.05. The second kappa shape index (κ2) is 7.73. The van der Waals surface area contributed by atoms with E-state index < -0.39 is 0 Å². The van der Waals surface area contributed by atoms with E-state index in [1.807, 2.05) is 4.90 Å². The van der Waals surface area contributed by atoms with E-state index in [1.165, 1.54) is 6.42 Å². The van der Waals surface area contributed by atoms with E-state index in [1.54, 1.807) is 0 Å². The van der Waals surface area contributed by atoms with Crippen LogP contribution in [0, 0.1) is 0 Å². The first kappa shape index (κ1) is 16.3. The minimum Gasteiger partial charge on any atom is -0.328 e. The van der Waals surface area contributed by atoms with Crippen molar-refractivity contribution in [3.8, 4) is 0 Å². The van der Waals surface area contributed by atoms with Gasteiger partial charge in [-0.25, -0.2) is 4.79 Å². The lowest BCUT2D eigenvalue weighted by Gasteiger charge is -2.45. The number of amides is 2. The van der Waals surface area contributed by atoms with Crippen molar-refractivity contribution >= 4 is 6.03 Å². The summed E-state index contributed by atoms with van der Waals surface area (Å²) in [6, 6.07) is 0.204. The van der Waals surface area contributed by atoms with Gasteiger partial charge in [0.25, 0.3) is 0 Å². The van der Waals surface area contributed by atoms with Gasteiger partial charge in [-0.15, -0.1) is 0 Å². The summed E-state index contributed by atoms with van der Waals surface area (Å²) in [5.74, 6) is 0. The van der Waals surface area contributed by atoms with Gasteiger partial charge < -0.3 is 15.5 Å². The van der Waals surface area contributed by atoms with Crippen LogP contribution in [-0.2, 0) is 0 Å². The van der Waals surface area contributed by atoms with Crippen LogP contribution < -0.4 is 5.73 Å². The van der Waals surface area contributed by atoms with E-state index in [0.29, 0.717) is 6.54 Å². The molecule has 1 aliphatic rings. The van der Waals surface area contributed by atoms with Crippen molar-refractivity contribution in [3.05, 3.63) is 0 Å². The van der Waals surface area contributed by atoms with Crippen molar-refractivity contribution in [3.63, 3.8) is 0 Å². The van der Waals surface area contributed by atoms with Crippen LogP contribution in [0.4, 0.5) is 4.79 Å². The maximum absolute atomic E-state index is 12.8. The molecule has 1 fully saturated rings. The third-order valence-corrected chi connectivity index (χ3v) is 4.57. The third-order valence-electron chi connectivity index (χ3n) is 4.57. The number of carbonyl (C=O) groups excluding carboxylic acids is 1. The number of hydrogen-bond acceptors (Lipinski definition) is 2. The Bertz CT molecular complexity index is 262. The van der Waals surface area contributed by atoms with Crippen LogP contribution in [0.5, 0.6) is 0 Å². The molecule has 4 heteroatoms. The number of nitrogens with two attached hydrogens (primary N) is 1. The van der Waals surface area contributed by atoms with Gasteiger partial charge in [-0.05, 0) is 38.5 Å². The largest absolute Gasteiger partial charge is 0.328 e. The molecule has 0 radical (unpaired) electrons. The molecule has 0 bridgehead atoms. The first-order valence-corrected chi connectivity index (χ1v) is 7.91. The van der Waals surface area contributed by atoms with Crippen LogP contribution in [0.25, 0.3) is 0 Å². The minimum atomic E-state index is -0.162. The molecule has 0 spiro atoms. The van der Waals surface area contributed by atoms with Gasteiger partial charge in [-0.3, -0.25) is 0 Å². The normalized spacial score (nSPS) is 16.5. The molecule has 4 nitrogen and oxygen atoms in total. The summed E-state index contributed by atoms with van der Waals surface area (Å²) in [5.41, 5.74) is 5.85. The summed E-state index contributed by atoms with van der Waals surface area (Å²) in [5, 5.41) is 0. The van der Waals surface area contributed by atoms with Crippen LogP contribution in [-0.4, -0.2) is 47.5 Å². The van der Waals surface area contributed by atoms with Crippen molar-refractivity contribution in [2.45, 2.75) is 64.8 Å². The van der Waals surface area contributed by atoms with E-state index in [4.69, 9.17) is 5.73 Å². The lowest BCUT2D eigenvalue weighted by Crippen LogP contribution is -2.59. The average Bonchev–Trinajstić information content (AvgIpc) is 2.48. The van der Waals surface area contributed by atoms with Crippen LogP contribution in [0.3, 0.4) is 0 Å². The second-order valence-electron chi connectivity index (χ2n) is 5.62. The highest BCUT2D eigenvalue weighted by Gasteiger charge is 2.37. The molecule has 0 saturated carbocycles. The van der Waals surface area contributed by atoms with E-state index in [9.17, 15) is 4.79 Å². The van der Waals surface area contributed by atoms with Crippen LogP contribution in [0.2, 0.25) is 0 Å². The minimum absolute atomic E-state index is 0.162. The monoisotopic (exact) mass is 269 g/mol. The molecule has 0 unspecified atom stereocenters. The van der Waals surface area contributed by atoms with Crippen molar-refractivity contribution in [1.29, 1.82) is 0 Å².